The smallest absolute Gasteiger partial charge is 0.143 e. The van der Waals surface area contributed by atoms with E-state index in [1.807, 2.05) is 18.5 Å². The topological polar surface area (TPSA) is 22.1 Å². The molecule has 37 heavy (non-hydrogen) atoms. The molecule has 0 N–H and O–H groups in total. The van der Waals surface area contributed by atoms with Crippen LogP contribution >= 0.6 is 0 Å². The first kappa shape index (κ1) is 21.3. The van der Waals surface area contributed by atoms with Crippen molar-refractivity contribution in [2.75, 3.05) is 0 Å². The van der Waals surface area contributed by atoms with Crippen molar-refractivity contribution >= 4 is 32.3 Å². The van der Waals surface area contributed by atoms with Crippen LogP contribution in [0.2, 0.25) is 0 Å². The molecule has 0 aliphatic carbocycles. The van der Waals surface area contributed by atoms with Gasteiger partial charge in [-0.2, -0.15) is 0 Å². The van der Waals surface area contributed by atoms with E-state index in [-0.39, 0.29) is 0 Å². The van der Waals surface area contributed by atoms with Crippen LogP contribution in [-0.4, -0.2) is 4.98 Å². The highest BCUT2D eigenvalue weighted by molar-refractivity contribution is 6.16. The van der Waals surface area contributed by atoms with Crippen molar-refractivity contribution in [2.45, 2.75) is 0 Å². The second-order valence-electron chi connectivity index (χ2n) is 9.20. The van der Waals surface area contributed by atoms with Gasteiger partial charge in [-0.3, -0.25) is 4.98 Å². The Kier molecular flexibility index (Phi) is 5.15. The average Bonchev–Trinajstić information content (AvgIpc) is 2.97. The van der Waals surface area contributed by atoms with Crippen molar-refractivity contribution in [2.24, 2.45) is 0 Å². The Morgan fingerprint density at radius 1 is 0.486 bits per heavy atom. The quantitative estimate of drug-likeness (QED) is 0.237. The lowest BCUT2D eigenvalue weighted by atomic mass is 9.92. The minimum absolute atomic E-state index is 0.834. The summed E-state index contributed by atoms with van der Waals surface area (Å²) in [6.45, 7) is 0. The van der Waals surface area contributed by atoms with Crippen LogP contribution in [0.25, 0.3) is 54.6 Å². The Bertz CT molecular complexity index is 1840. The van der Waals surface area contributed by atoms with E-state index in [1.54, 1.807) is 0 Å². The molecule has 0 fully saturated rings. The molecule has 0 aliphatic heterocycles. The standard InChI is InChI=1S/C35H23NO/c1-3-11-24(12-4-1)31-21-26-15-7-8-16-27(26)22-33(31)37-35-29-18-10-9-17-28(29)34(25-13-5-2-6-14-25)32-23-36-20-19-30(32)35/h1-23H. The third kappa shape index (κ3) is 3.71. The van der Waals surface area contributed by atoms with Gasteiger partial charge < -0.3 is 4.74 Å². The van der Waals surface area contributed by atoms with E-state index >= 15 is 0 Å². The maximum absolute atomic E-state index is 6.96. The van der Waals surface area contributed by atoms with Gasteiger partial charge in [-0.05, 0) is 51.0 Å². The Hall–Kier alpha value is -4.95. The van der Waals surface area contributed by atoms with Crippen LogP contribution in [0.3, 0.4) is 0 Å². The molecule has 0 saturated carbocycles. The Labute approximate surface area is 215 Å². The summed E-state index contributed by atoms with van der Waals surface area (Å²) in [5.74, 6) is 1.68. The zero-order valence-electron chi connectivity index (χ0n) is 20.1. The SMILES string of the molecule is c1ccc(-c2cc3ccccc3cc2Oc2c3ccccc3c(-c3ccccc3)c3cnccc23)cc1. The molecule has 2 nitrogen and oxygen atoms in total. The Balaban J connectivity index is 1.53. The third-order valence-corrected chi connectivity index (χ3v) is 6.98. The highest BCUT2D eigenvalue weighted by Crippen LogP contribution is 2.46. The van der Waals surface area contributed by atoms with Crippen LogP contribution in [0.15, 0.2) is 140 Å². The zero-order valence-corrected chi connectivity index (χ0v) is 20.1. The zero-order chi connectivity index (χ0) is 24.6. The summed E-state index contributed by atoms with van der Waals surface area (Å²) in [4.78, 5) is 4.50. The lowest BCUT2D eigenvalue weighted by molar-refractivity contribution is 0.496. The van der Waals surface area contributed by atoms with Crippen molar-refractivity contribution in [1.82, 2.24) is 4.98 Å². The molecule has 174 valence electrons. The summed E-state index contributed by atoms with van der Waals surface area (Å²) in [7, 11) is 0. The van der Waals surface area contributed by atoms with Crippen LogP contribution in [0.5, 0.6) is 11.5 Å². The molecule has 0 atom stereocenters. The number of rotatable bonds is 4. The van der Waals surface area contributed by atoms with Gasteiger partial charge in [0.1, 0.15) is 11.5 Å². The second kappa shape index (κ2) is 8.92. The molecule has 2 heteroatoms. The number of nitrogens with zero attached hydrogens (tertiary/aromatic N) is 1. The van der Waals surface area contributed by atoms with Gasteiger partial charge in [-0.25, -0.2) is 0 Å². The van der Waals surface area contributed by atoms with Crippen LogP contribution in [0, 0.1) is 0 Å². The van der Waals surface area contributed by atoms with Gasteiger partial charge in [0.2, 0.25) is 0 Å². The number of benzene rings is 6. The molecular formula is C35H23NO. The number of hydrogen-bond donors (Lipinski definition) is 0. The summed E-state index contributed by atoms with van der Waals surface area (Å²) in [5, 5.41) is 6.67. The molecule has 1 heterocycles. The fraction of sp³-hybridized carbons (Fsp3) is 0. The van der Waals surface area contributed by atoms with Crippen molar-refractivity contribution in [3.8, 4) is 33.8 Å². The fourth-order valence-electron chi connectivity index (χ4n) is 5.26. The molecule has 0 radical (unpaired) electrons. The highest BCUT2D eigenvalue weighted by atomic mass is 16.5. The summed E-state index contributed by atoms with van der Waals surface area (Å²) in [6, 6.07) is 44.4. The Morgan fingerprint density at radius 3 is 1.84 bits per heavy atom. The van der Waals surface area contributed by atoms with E-state index in [0.717, 1.165) is 49.6 Å². The summed E-state index contributed by atoms with van der Waals surface area (Å²) in [6.07, 6.45) is 3.80. The number of aromatic nitrogens is 1. The van der Waals surface area contributed by atoms with Gasteiger partial charge in [0.25, 0.3) is 0 Å². The maximum Gasteiger partial charge on any atom is 0.143 e. The lowest BCUT2D eigenvalue weighted by Crippen LogP contribution is -1.94. The minimum Gasteiger partial charge on any atom is -0.455 e. The molecule has 0 saturated heterocycles. The normalized spacial score (nSPS) is 11.2. The number of ether oxygens (including phenoxy) is 1. The molecule has 7 aromatic rings. The predicted octanol–water partition coefficient (Wildman–Crippen LogP) is 9.67. The second-order valence-corrected chi connectivity index (χ2v) is 9.20. The molecule has 0 amide bonds. The van der Waals surface area contributed by atoms with Gasteiger partial charge >= 0.3 is 0 Å². The van der Waals surface area contributed by atoms with Crippen LogP contribution in [0.4, 0.5) is 0 Å². The van der Waals surface area contributed by atoms with E-state index in [4.69, 9.17) is 4.74 Å². The van der Waals surface area contributed by atoms with Crippen molar-refractivity contribution < 1.29 is 4.74 Å². The number of pyridine rings is 1. The molecule has 0 bridgehead atoms. The van der Waals surface area contributed by atoms with E-state index in [1.165, 1.54) is 16.5 Å². The summed E-state index contributed by atoms with van der Waals surface area (Å²) >= 11 is 0. The first-order chi connectivity index (χ1) is 18.4. The van der Waals surface area contributed by atoms with Crippen molar-refractivity contribution in [1.29, 1.82) is 0 Å². The molecule has 0 spiro atoms. The first-order valence-corrected chi connectivity index (χ1v) is 12.5. The summed E-state index contributed by atoms with van der Waals surface area (Å²) in [5.41, 5.74) is 4.53. The molecular weight excluding hydrogens is 450 g/mol. The fourth-order valence-corrected chi connectivity index (χ4v) is 5.26. The van der Waals surface area contributed by atoms with Crippen molar-refractivity contribution in [3.63, 3.8) is 0 Å². The molecule has 0 aliphatic rings. The van der Waals surface area contributed by atoms with Gasteiger partial charge in [-0.15, -0.1) is 0 Å². The average molecular weight is 474 g/mol. The maximum atomic E-state index is 6.96. The minimum atomic E-state index is 0.834. The Morgan fingerprint density at radius 2 is 1.08 bits per heavy atom. The first-order valence-electron chi connectivity index (χ1n) is 12.5. The van der Waals surface area contributed by atoms with Crippen molar-refractivity contribution in [3.05, 3.63) is 140 Å². The van der Waals surface area contributed by atoms with E-state index in [2.05, 4.69) is 126 Å². The van der Waals surface area contributed by atoms with Crippen LogP contribution in [-0.2, 0) is 0 Å². The molecule has 7 rings (SSSR count). The van der Waals surface area contributed by atoms with Crippen LogP contribution < -0.4 is 4.74 Å². The lowest BCUT2D eigenvalue weighted by Gasteiger charge is -2.19. The molecule has 0 unspecified atom stereocenters. The summed E-state index contributed by atoms with van der Waals surface area (Å²) < 4.78 is 6.96. The highest BCUT2D eigenvalue weighted by Gasteiger charge is 2.18. The van der Waals surface area contributed by atoms with Gasteiger partial charge in [0.15, 0.2) is 0 Å². The van der Waals surface area contributed by atoms with Gasteiger partial charge in [0.05, 0.1) is 0 Å². The van der Waals surface area contributed by atoms with Crippen LogP contribution in [0.1, 0.15) is 0 Å². The largest absolute Gasteiger partial charge is 0.455 e. The number of hydrogen-bond acceptors (Lipinski definition) is 2. The predicted molar refractivity (Wildman–Crippen MR) is 154 cm³/mol. The van der Waals surface area contributed by atoms with E-state index in [9.17, 15) is 0 Å². The van der Waals surface area contributed by atoms with Gasteiger partial charge in [-0.1, -0.05) is 109 Å². The molecule has 6 aromatic carbocycles. The molecule has 1 aromatic heterocycles. The van der Waals surface area contributed by atoms with E-state index < -0.39 is 0 Å². The number of fused-ring (bicyclic) bond motifs is 3. The van der Waals surface area contributed by atoms with Gasteiger partial charge in [0, 0.05) is 34.1 Å². The van der Waals surface area contributed by atoms with E-state index in [0.29, 0.717) is 0 Å². The third-order valence-electron chi connectivity index (χ3n) is 6.98. The monoisotopic (exact) mass is 473 g/mol.